The molecule has 1 atom stereocenters. The highest BCUT2D eigenvalue weighted by molar-refractivity contribution is 14.0. The number of hydrogen-bond acceptors (Lipinski definition) is 4. The molecule has 2 heterocycles. The number of hydrogen-bond donors (Lipinski definition) is 2. The molecule has 0 fully saturated rings. The van der Waals surface area contributed by atoms with E-state index in [-0.39, 0.29) is 30.0 Å². The lowest BCUT2D eigenvalue weighted by Gasteiger charge is -2.18. The second-order valence-electron chi connectivity index (χ2n) is 7.63. The van der Waals surface area contributed by atoms with Crippen LogP contribution in [0.5, 0.6) is 0 Å². The predicted octanol–water partition coefficient (Wildman–Crippen LogP) is 2.98. The van der Waals surface area contributed by atoms with Crippen molar-refractivity contribution in [3.63, 3.8) is 0 Å². The van der Waals surface area contributed by atoms with Gasteiger partial charge >= 0.3 is 0 Å². The number of guanidine groups is 1. The highest BCUT2D eigenvalue weighted by Gasteiger charge is 2.14. The van der Waals surface area contributed by atoms with Crippen LogP contribution in [0.1, 0.15) is 41.9 Å². The van der Waals surface area contributed by atoms with Gasteiger partial charge in [0.25, 0.3) is 0 Å². The summed E-state index contributed by atoms with van der Waals surface area (Å²) in [5.74, 6) is 0.825. The summed E-state index contributed by atoms with van der Waals surface area (Å²) in [4.78, 5) is 8.79. The zero-order chi connectivity index (χ0) is 21.5. The molecule has 3 aromatic rings. The highest BCUT2D eigenvalue weighted by Crippen LogP contribution is 2.14. The average molecular weight is 536 g/mol. The van der Waals surface area contributed by atoms with Crippen LogP contribution < -0.4 is 10.6 Å². The minimum atomic E-state index is 0. The van der Waals surface area contributed by atoms with Gasteiger partial charge in [0, 0.05) is 25.3 Å². The molecule has 8 nitrogen and oxygen atoms in total. The summed E-state index contributed by atoms with van der Waals surface area (Å²) in [6.07, 6.45) is 4.19. The fourth-order valence-corrected chi connectivity index (χ4v) is 3.52. The van der Waals surface area contributed by atoms with E-state index in [1.54, 1.807) is 12.7 Å². The third-order valence-corrected chi connectivity index (χ3v) is 5.12. The number of halogens is 1. The van der Waals surface area contributed by atoms with Crippen LogP contribution in [0.15, 0.2) is 41.9 Å². The number of aryl methyl sites for hydroxylation is 2. The number of nitrogens with one attached hydrogen (secondary N) is 2. The standard InChI is InChI=1S/C22H32N8.HI/c1-6-24-22(27-16(2)10-21-17(3)28-29(5)18(21)4)25-12-19-8-7-9-20(11-19)13-30-15-23-14-26-30;/h7-9,11,14-16H,6,10,12-13H2,1-5H3,(H2,24,25,27);1H. The molecule has 0 bridgehead atoms. The highest BCUT2D eigenvalue weighted by atomic mass is 127. The van der Waals surface area contributed by atoms with Crippen molar-refractivity contribution in [1.82, 2.24) is 35.2 Å². The minimum absolute atomic E-state index is 0. The van der Waals surface area contributed by atoms with Gasteiger partial charge in [-0.3, -0.25) is 4.68 Å². The molecule has 1 aromatic carbocycles. The van der Waals surface area contributed by atoms with E-state index in [2.05, 4.69) is 77.8 Å². The molecule has 2 aromatic heterocycles. The van der Waals surface area contributed by atoms with Crippen LogP contribution in [0.4, 0.5) is 0 Å². The van der Waals surface area contributed by atoms with Crippen LogP contribution in [0.25, 0.3) is 0 Å². The van der Waals surface area contributed by atoms with Crippen LogP contribution in [0.3, 0.4) is 0 Å². The van der Waals surface area contributed by atoms with Gasteiger partial charge in [-0.1, -0.05) is 24.3 Å². The Bertz CT molecular complexity index is 978. The van der Waals surface area contributed by atoms with Gasteiger partial charge in [-0.05, 0) is 50.8 Å². The van der Waals surface area contributed by atoms with Crippen molar-refractivity contribution >= 4 is 29.9 Å². The molecule has 31 heavy (non-hydrogen) atoms. The molecule has 0 aliphatic rings. The number of nitrogens with zero attached hydrogens (tertiary/aromatic N) is 6. The lowest BCUT2D eigenvalue weighted by Crippen LogP contribution is -2.43. The Hall–Kier alpha value is -2.43. The van der Waals surface area contributed by atoms with E-state index < -0.39 is 0 Å². The van der Waals surface area contributed by atoms with E-state index in [1.165, 1.54) is 16.8 Å². The molecule has 9 heteroatoms. The largest absolute Gasteiger partial charge is 0.357 e. The zero-order valence-corrected chi connectivity index (χ0v) is 21.3. The van der Waals surface area contributed by atoms with Crippen molar-refractivity contribution in [3.05, 3.63) is 65.0 Å². The van der Waals surface area contributed by atoms with Gasteiger partial charge in [0.05, 0.1) is 18.8 Å². The summed E-state index contributed by atoms with van der Waals surface area (Å²) in [6.45, 7) is 10.6. The topological polar surface area (TPSA) is 84.9 Å². The van der Waals surface area contributed by atoms with Crippen molar-refractivity contribution in [2.24, 2.45) is 12.0 Å². The molecule has 1 unspecified atom stereocenters. The van der Waals surface area contributed by atoms with E-state index >= 15 is 0 Å². The maximum absolute atomic E-state index is 4.79. The maximum atomic E-state index is 4.79. The van der Waals surface area contributed by atoms with E-state index in [4.69, 9.17) is 4.99 Å². The van der Waals surface area contributed by atoms with Crippen LogP contribution in [0.2, 0.25) is 0 Å². The minimum Gasteiger partial charge on any atom is -0.357 e. The van der Waals surface area contributed by atoms with Crippen molar-refractivity contribution < 1.29 is 0 Å². The van der Waals surface area contributed by atoms with Crippen molar-refractivity contribution in [1.29, 1.82) is 0 Å². The Balaban J connectivity index is 0.00000341. The van der Waals surface area contributed by atoms with Gasteiger partial charge in [0.2, 0.25) is 0 Å². The van der Waals surface area contributed by atoms with Crippen molar-refractivity contribution in [3.8, 4) is 0 Å². The quantitative estimate of drug-likeness (QED) is 0.263. The maximum Gasteiger partial charge on any atom is 0.191 e. The van der Waals surface area contributed by atoms with Gasteiger partial charge in [0.15, 0.2) is 5.96 Å². The Kier molecular flexibility index (Phi) is 9.47. The van der Waals surface area contributed by atoms with Crippen LogP contribution in [0, 0.1) is 13.8 Å². The van der Waals surface area contributed by atoms with Crippen LogP contribution in [-0.2, 0) is 26.6 Å². The summed E-state index contributed by atoms with van der Waals surface area (Å²) in [5.41, 5.74) is 5.95. The summed E-state index contributed by atoms with van der Waals surface area (Å²) in [6, 6.07) is 8.67. The fourth-order valence-electron chi connectivity index (χ4n) is 3.52. The lowest BCUT2D eigenvalue weighted by atomic mass is 10.1. The van der Waals surface area contributed by atoms with Gasteiger partial charge < -0.3 is 10.6 Å². The second kappa shape index (κ2) is 11.8. The second-order valence-corrected chi connectivity index (χ2v) is 7.63. The fraction of sp³-hybridized carbons (Fsp3) is 0.455. The van der Waals surface area contributed by atoms with Crippen LogP contribution >= 0.6 is 24.0 Å². The zero-order valence-electron chi connectivity index (χ0n) is 19.0. The van der Waals surface area contributed by atoms with Gasteiger partial charge in [-0.2, -0.15) is 10.2 Å². The molecule has 3 rings (SSSR count). The van der Waals surface area contributed by atoms with Gasteiger partial charge in [-0.15, -0.1) is 24.0 Å². The summed E-state index contributed by atoms with van der Waals surface area (Å²) < 4.78 is 3.76. The molecule has 0 amide bonds. The van der Waals surface area contributed by atoms with Gasteiger partial charge in [0.1, 0.15) is 12.7 Å². The first-order chi connectivity index (χ1) is 14.5. The molecule has 0 spiro atoms. The smallest absolute Gasteiger partial charge is 0.191 e. The van der Waals surface area contributed by atoms with Crippen molar-refractivity contribution in [2.45, 2.75) is 53.2 Å². The average Bonchev–Trinajstić information content (AvgIpc) is 3.30. The summed E-state index contributed by atoms with van der Waals surface area (Å²) in [5, 5.41) is 15.6. The third kappa shape index (κ3) is 7.05. The van der Waals surface area contributed by atoms with Crippen molar-refractivity contribution in [2.75, 3.05) is 6.54 Å². The summed E-state index contributed by atoms with van der Waals surface area (Å²) >= 11 is 0. The molecule has 0 radical (unpaired) electrons. The molecule has 2 N–H and O–H groups in total. The molecule has 0 aliphatic carbocycles. The van der Waals surface area contributed by atoms with Crippen LogP contribution in [-0.4, -0.2) is 43.1 Å². The lowest BCUT2D eigenvalue weighted by molar-refractivity contribution is 0.635. The molecular formula is C22H33IN8. The van der Waals surface area contributed by atoms with E-state index in [9.17, 15) is 0 Å². The molecular weight excluding hydrogens is 503 g/mol. The SMILES string of the molecule is CCNC(=NCc1cccc(Cn2cncn2)c1)NC(C)Cc1c(C)nn(C)c1C.I. The Morgan fingerprint density at radius 3 is 2.65 bits per heavy atom. The number of benzene rings is 1. The third-order valence-electron chi connectivity index (χ3n) is 5.12. The van der Waals surface area contributed by atoms with E-state index in [1.807, 2.05) is 16.4 Å². The first-order valence-electron chi connectivity index (χ1n) is 10.4. The first kappa shape index (κ1) is 24.8. The monoisotopic (exact) mass is 536 g/mol. The van der Waals surface area contributed by atoms with Gasteiger partial charge in [-0.25, -0.2) is 14.7 Å². The summed E-state index contributed by atoms with van der Waals surface area (Å²) in [7, 11) is 1.99. The normalized spacial score (nSPS) is 12.4. The van der Waals surface area contributed by atoms with E-state index in [0.717, 1.165) is 30.2 Å². The predicted molar refractivity (Wildman–Crippen MR) is 135 cm³/mol. The molecule has 0 aliphatic heterocycles. The number of aromatic nitrogens is 5. The Morgan fingerprint density at radius 1 is 1.23 bits per heavy atom. The molecule has 0 saturated carbocycles. The first-order valence-corrected chi connectivity index (χ1v) is 10.4. The Morgan fingerprint density at radius 2 is 2.00 bits per heavy atom. The molecule has 0 saturated heterocycles. The molecule has 168 valence electrons. The van der Waals surface area contributed by atoms with E-state index in [0.29, 0.717) is 13.1 Å². The Labute approximate surface area is 201 Å². The number of aliphatic imine (C=N–C) groups is 1. The number of rotatable bonds is 8.